The fourth-order valence-corrected chi connectivity index (χ4v) is 1.89. The molecule has 0 aliphatic carbocycles. The summed E-state index contributed by atoms with van der Waals surface area (Å²) in [5.74, 6) is 0. The van der Waals surface area contributed by atoms with Crippen molar-refractivity contribution in [2.45, 2.75) is 44.9 Å². The number of aliphatic hydroxyl groups excluding tert-OH is 2. The van der Waals surface area contributed by atoms with Gasteiger partial charge in [-0.15, -0.1) is 0 Å². The number of aliphatic hydroxyl groups is 2. The van der Waals surface area contributed by atoms with Crippen molar-refractivity contribution in [2.75, 3.05) is 13.2 Å². The van der Waals surface area contributed by atoms with E-state index in [1.165, 1.54) is 0 Å². The minimum atomic E-state index is -0.263. The van der Waals surface area contributed by atoms with Crippen LogP contribution in [0.25, 0.3) is 0 Å². The molecule has 3 heteroatoms. The second kappa shape index (κ2) is 3.32. The van der Waals surface area contributed by atoms with Gasteiger partial charge < -0.3 is 10.2 Å². The maximum Gasteiger partial charge on any atom is 0.0683 e. The van der Waals surface area contributed by atoms with Crippen molar-refractivity contribution in [3.8, 4) is 0 Å². The lowest BCUT2D eigenvalue weighted by Crippen LogP contribution is -2.46. The molecule has 2 N–H and O–H groups in total. The highest BCUT2D eigenvalue weighted by Gasteiger charge is 2.36. The molecule has 12 heavy (non-hydrogen) atoms. The van der Waals surface area contributed by atoms with Crippen molar-refractivity contribution in [1.29, 1.82) is 0 Å². The first-order valence-electron chi connectivity index (χ1n) is 4.51. The largest absolute Gasteiger partial charge is 0.395 e. The Bertz CT molecular complexity index is 153. The maximum atomic E-state index is 9.41. The van der Waals surface area contributed by atoms with Crippen molar-refractivity contribution in [1.82, 2.24) is 4.90 Å². The summed E-state index contributed by atoms with van der Waals surface area (Å²) in [4.78, 5) is 2.16. The third kappa shape index (κ3) is 1.97. The van der Waals surface area contributed by atoms with E-state index in [-0.39, 0.29) is 24.3 Å². The summed E-state index contributed by atoms with van der Waals surface area (Å²) in [5, 5.41) is 18.5. The second-order valence-corrected chi connectivity index (χ2v) is 4.55. The SMILES string of the molecule is CC(C)(C)N1CC(O)CC1CO. The van der Waals surface area contributed by atoms with Crippen molar-refractivity contribution in [2.24, 2.45) is 0 Å². The van der Waals surface area contributed by atoms with Gasteiger partial charge in [-0.2, -0.15) is 0 Å². The normalized spacial score (nSPS) is 32.8. The molecule has 0 spiro atoms. The van der Waals surface area contributed by atoms with Gasteiger partial charge in [0.2, 0.25) is 0 Å². The van der Waals surface area contributed by atoms with Crippen LogP contribution in [0.3, 0.4) is 0 Å². The Morgan fingerprint density at radius 1 is 1.42 bits per heavy atom. The quantitative estimate of drug-likeness (QED) is 0.596. The van der Waals surface area contributed by atoms with E-state index >= 15 is 0 Å². The number of hydrogen-bond acceptors (Lipinski definition) is 3. The topological polar surface area (TPSA) is 43.7 Å². The van der Waals surface area contributed by atoms with Crippen molar-refractivity contribution in [3.05, 3.63) is 0 Å². The zero-order chi connectivity index (χ0) is 9.35. The van der Waals surface area contributed by atoms with E-state index in [1.807, 2.05) is 0 Å². The highest BCUT2D eigenvalue weighted by Crippen LogP contribution is 2.25. The van der Waals surface area contributed by atoms with Gasteiger partial charge in [0.25, 0.3) is 0 Å². The van der Waals surface area contributed by atoms with Gasteiger partial charge in [-0.1, -0.05) is 0 Å². The molecule has 1 aliphatic heterocycles. The molecule has 1 fully saturated rings. The molecule has 1 rings (SSSR count). The summed E-state index contributed by atoms with van der Waals surface area (Å²) in [6, 6.07) is 0.139. The minimum Gasteiger partial charge on any atom is -0.395 e. The highest BCUT2D eigenvalue weighted by molar-refractivity contribution is 4.91. The lowest BCUT2D eigenvalue weighted by Gasteiger charge is -2.35. The molecule has 0 saturated carbocycles. The Labute approximate surface area is 74.0 Å². The number of β-amino-alcohol motifs (C(OH)–C–C–N with tert-alkyl or cyclic N) is 1. The van der Waals surface area contributed by atoms with E-state index in [4.69, 9.17) is 5.11 Å². The lowest BCUT2D eigenvalue weighted by molar-refractivity contribution is 0.0749. The van der Waals surface area contributed by atoms with E-state index in [2.05, 4.69) is 25.7 Å². The highest BCUT2D eigenvalue weighted by atomic mass is 16.3. The summed E-state index contributed by atoms with van der Waals surface area (Å²) in [7, 11) is 0. The third-order valence-electron chi connectivity index (χ3n) is 2.46. The third-order valence-corrected chi connectivity index (χ3v) is 2.46. The molecule has 0 aromatic heterocycles. The van der Waals surface area contributed by atoms with E-state index in [9.17, 15) is 5.11 Å². The van der Waals surface area contributed by atoms with Crippen LogP contribution >= 0.6 is 0 Å². The van der Waals surface area contributed by atoms with E-state index < -0.39 is 0 Å². The summed E-state index contributed by atoms with van der Waals surface area (Å²) >= 11 is 0. The van der Waals surface area contributed by atoms with Crippen LogP contribution in [0.1, 0.15) is 27.2 Å². The Morgan fingerprint density at radius 2 is 2.00 bits per heavy atom. The maximum absolute atomic E-state index is 9.41. The van der Waals surface area contributed by atoms with Crippen LogP contribution in [0.15, 0.2) is 0 Å². The van der Waals surface area contributed by atoms with Gasteiger partial charge in [0.05, 0.1) is 12.7 Å². The number of nitrogens with zero attached hydrogens (tertiary/aromatic N) is 1. The Hall–Kier alpha value is -0.120. The van der Waals surface area contributed by atoms with Crippen LogP contribution in [-0.2, 0) is 0 Å². The number of rotatable bonds is 1. The van der Waals surface area contributed by atoms with E-state index in [0.29, 0.717) is 13.0 Å². The summed E-state index contributed by atoms with van der Waals surface area (Å²) in [6.07, 6.45) is 0.440. The van der Waals surface area contributed by atoms with Gasteiger partial charge in [-0.25, -0.2) is 0 Å². The van der Waals surface area contributed by atoms with Gasteiger partial charge in [0.15, 0.2) is 0 Å². The van der Waals surface area contributed by atoms with Crippen LogP contribution < -0.4 is 0 Å². The van der Waals surface area contributed by atoms with Crippen LogP contribution in [0, 0.1) is 0 Å². The Balaban J connectivity index is 2.64. The minimum absolute atomic E-state index is 0.0465. The number of likely N-dealkylation sites (tertiary alicyclic amines) is 1. The molecular weight excluding hydrogens is 154 g/mol. The molecule has 1 aliphatic rings. The number of hydrogen-bond donors (Lipinski definition) is 2. The van der Waals surface area contributed by atoms with E-state index in [1.54, 1.807) is 0 Å². The molecule has 0 amide bonds. The summed E-state index contributed by atoms with van der Waals surface area (Å²) in [6.45, 7) is 7.15. The molecule has 0 aromatic carbocycles. The summed E-state index contributed by atoms with van der Waals surface area (Å²) in [5.41, 5.74) is 0.0465. The molecule has 1 saturated heterocycles. The summed E-state index contributed by atoms with van der Waals surface area (Å²) < 4.78 is 0. The van der Waals surface area contributed by atoms with Crippen molar-refractivity contribution >= 4 is 0 Å². The average Bonchev–Trinajstić information content (AvgIpc) is 2.29. The standard InChI is InChI=1S/C9H19NO2/c1-9(2,3)10-5-8(12)4-7(10)6-11/h7-8,11-12H,4-6H2,1-3H3. The molecule has 0 aromatic rings. The van der Waals surface area contributed by atoms with Gasteiger partial charge in [0.1, 0.15) is 0 Å². The van der Waals surface area contributed by atoms with Crippen LogP contribution in [0.2, 0.25) is 0 Å². The predicted octanol–water partition coefficient (Wildman–Crippen LogP) is 0.212. The monoisotopic (exact) mass is 173 g/mol. The average molecular weight is 173 g/mol. The molecular formula is C9H19NO2. The van der Waals surface area contributed by atoms with Gasteiger partial charge in [-0.05, 0) is 27.2 Å². The first kappa shape index (κ1) is 9.96. The smallest absolute Gasteiger partial charge is 0.0683 e. The van der Waals surface area contributed by atoms with Crippen molar-refractivity contribution < 1.29 is 10.2 Å². The van der Waals surface area contributed by atoms with Gasteiger partial charge in [-0.3, -0.25) is 4.90 Å². The first-order valence-corrected chi connectivity index (χ1v) is 4.51. The predicted molar refractivity (Wildman–Crippen MR) is 48.0 cm³/mol. The fraction of sp³-hybridized carbons (Fsp3) is 1.00. The molecule has 3 nitrogen and oxygen atoms in total. The van der Waals surface area contributed by atoms with Gasteiger partial charge >= 0.3 is 0 Å². The molecule has 0 radical (unpaired) electrons. The first-order chi connectivity index (χ1) is 5.45. The Morgan fingerprint density at radius 3 is 2.33 bits per heavy atom. The second-order valence-electron chi connectivity index (χ2n) is 4.55. The molecule has 0 bridgehead atoms. The van der Waals surface area contributed by atoms with Crippen LogP contribution in [0.5, 0.6) is 0 Å². The van der Waals surface area contributed by atoms with Crippen LogP contribution in [-0.4, -0.2) is 45.9 Å². The Kier molecular flexibility index (Phi) is 2.76. The molecule has 2 atom stereocenters. The molecule has 72 valence electrons. The van der Waals surface area contributed by atoms with Crippen LogP contribution in [0.4, 0.5) is 0 Å². The molecule has 1 heterocycles. The zero-order valence-corrected chi connectivity index (χ0v) is 8.12. The zero-order valence-electron chi connectivity index (χ0n) is 8.12. The van der Waals surface area contributed by atoms with Crippen molar-refractivity contribution in [3.63, 3.8) is 0 Å². The molecule has 2 unspecified atom stereocenters. The van der Waals surface area contributed by atoms with E-state index in [0.717, 1.165) is 0 Å². The fourth-order valence-electron chi connectivity index (χ4n) is 1.89. The lowest BCUT2D eigenvalue weighted by atomic mass is 10.1. The van der Waals surface area contributed by atoms with Gasteiger partial charge in [0, 0.05) is 18.1 Å².